The minimum atomic E-state index is -0.405. The lowest BCUT2D eigenvalue weighted by molar-refractivity contribution is 0.0803. The normalized spacial score (nSPS) is 27.2. The quantitative estimate of drug-likeness (QED) is 0.451. The number of allylic oxidation sites excluding steroid dienone is 4. The molecule has 0 aliphatic heterocycles. The maximum Gasteiger partial charge on any atom is 0.205 e. The predicted molar refractivity (Wildman–Crippen MR) is 131 cm³/mol. The van der Waals surface area contributed by atoms with E-state index >= 15 is 0 Å². The van der Waals surface area contributed by atoms with Gasteiger partial charge in [0.15, 0.2) is 5.78 Å². The Balaban J connectivity index is 1.82. The van der Waals surface area contributed by atoms with Gasteiger partial charge in [0.2, 0.25) is 11.3 Å². The number of rotatable bonds is 5. The van der Waals surface area contributed by atoms with Crippen molar-refractivity contribution in [2.24, 2.45) is 29.6 Å². The fourth-order valence-corrected chi connectivity index (χ4v) is 5.86. The van der Waals surface area contributed by atoms with Gasteiger partial charge in [-0.05, 0) is 68.1 Å². The van der Waals surface area contributed by atoms with Crippen LogP contribution in [0, 0.1) is 29.6 Å². The molecule has 2 aromatic rings. The van der Waals surface area contributed by atoms with Crippen LogP contribution in [-0.4, -0.2) is 23.0 Å². The summed E-state index contributed by atoms with van der Waals surface area (Å²) in [4.78, 5) is 30.6. The van der Waals surface area contributed by atoms with E-state index in [9.17, 15) is 14.7 Å². The Morgan fingerprint density at radius 2 is 1.94 bits per heavy atom. The number of carbonyl (C=O) groups is 1. The van der Waals surface area contributed by atoms with E-state index in [1.807, 2.05) is 13.0 Å². The van der Waals surface area contributed by atoms with Crippen LogP contribution in [0.1, 0.15) is 50.4 Å². The number of ether oxygens (including phenoxy) is 1. The molecule has 1 heterocycles. The molecule has 2 aliphatic rings. The van der Waals surface area contributed by atoms with Crippen molar-refractivity contribution in [3.05, 3.63) is 70.1 Å². The topological polar surface area (TPSA) is 79.4 Å². The molecule has 2 N–H and O–H groups in total. The molecule has 1 aromatic carbocycles. The highest BCUT2D eigenvalue weighted by Crippen LogP contribution is 2.49. The monoisotopic (exact) mass is 447 g/mol. The highest BCUT2D eigenvalue weighted by Gasteiger charge is 2.43. The van der Waals surface area contributed by atoms with Gasteiger partial charge in [-0.25, -0.2) is 0 Å². The average Bonchev–Trinajstić information content (AvgIpc) is 2.80. The number of benzene rings is 1. The number of aromatic nitrogens is 1. The average molecular weight is 448 g/mol. The first-order chi connectivity index (χ1) is 15.8. The third kappa shape index (κ3) is 4.29. The fraction of sp³-hybridized carbons (Fsp3) is 0.429. The number of nitrogens with one attached hydrogen (secondary N) is 1. The van der Waals surface area contributed by atoms with Gasteiger partial charge in [-0.1, -0.05) is 49.3 Å². The molecule has 0 amide bonds. The van der Waals surface area contributed by atoms with Gasteiger partial charge in [0, 0.05) is 17.7 Å². The Kier molecular flexibility index (Phi) is 6.59. The number of aromatic amines is 1. The van der Waals surface area contributed by atoms with E-state index < -0.39 is 5.92 Å². The number of aromatic hydroxyl groups is 1. The van der Waals surface area contributed by atoms with Gasteiger partial charge in [0.1, 0.15) is 11.3 Å². The molecule has 0 unspecified atom stereocenters. The number of carbonyl (C=O) groups excluding carboxylic acids is 1. The van der Waals surface area contributed by atoms with Crippen LogP contribution in [0.5, 0.6) is 11.6 Å². The summed E-state index contributed by atoms with van der Waals surface area (Å²) >= 11 is 0. The van der Waals surface area contributed by atoms with Crippen molar-refractivity contribution in [2.45, 2.75) is 40.0 Å². The van der Waals surface area contributed by atoms with Crippen molar-refractivity contribution >= 4 is 5.78 Å². The lowest BCUT2D eigenvalue weighted by Gasteiger charge is -2.45. The Morgan fingerprint density at radius 3 is 2.61 bits per heavy atom. The molecule has 5 nitrogen and oxygen atoms in total. The Morgan fingerprint density at radius 1 is 1.21 bits per heavy atom. The largest absolute Gasteiger partial charge is 0.508 e. The summed E-state index contributed by atoms with van der Waals surface area (Å²) in [6.07, 6.45) is 11.3. The van der Waals surface area contributed by atoms with Gasteiger partial charge in [0.25, 0.3) is 0 Å². The van der Waals surface area contributed by atoms with Gasteiger partial charge in [0.05, 0.1) is 7.11 Å². The van der Waals surface area contributed by atoms with Crippen LogP contribution in [0.4, 0.5) is 0 Å². The number of phenolic OH excluding ortho intramolecular Hbond substituents is 1. The Labute approximate surface area is 195 Å². The second-order valence-electron chi connectivity index (χ2n) is 9.58. The van der Waals surface area contributed by atoms with Crippen molar-refractivity contribution < 1.29 is 14.6 Å². The summed E-state index contributed by atoms with van der Waals surface area (Å²) < 4.78 is 5.44. The zero-order valence-electron chi connectivity index (χ0n) is 19.8. The number of H-pyrrole nitrogens is 1. The van der Waals surface area contributed by atoms with Gasteiger partial charge in [-0.2, -0.15) is 0 Å². The number of hydrogen-bond acceptors (Lipinski definition) is 4. The SMILES string of the molecule is C/C=C/[C@@H]1[C@H]2C[C@@H](C)CC[C@@H]2C(C)=C[C@H]1C(=O)c1c(OC)[nH]cc(-c2ccc(O)cc2)c1=O. The Bertz CT molecular complexity index is 1140. The van der Waals surface area contributed by atoms with Gasteiger partial charge in [-0.15, -0.1) is 0 Å². The predicted octanol–water partition coefficient (Wildman–Crippen LogP) is 5.76. The highest BCUT2D eigenvalue weighted by atomic mass is 16.5. The number of fused-ring (bicyclic) bond motifs is 1. The zero-order chi connectivity index (χ0) is 23.7. The van der Waals surface area contributed by atoms with Crippen LogP contribution in [0.3, 0.4) is 0 Å². The van der Waals surface area contributed by atoms with Crippen molar-refractivity contribution in [3.63, 3.8) is 0 Å². The molecule has 1 saturated carbocycles. The van der Waals surface area contributed by atoms with Gasteiger partial charge in [-0.3, -0.25) is 9.59 Å². The third-order valence-corrected chi connectivity index (χ3v) is 7.49. The first-order valence-corrected chi connectivity index (χ1v) is 11.8. The fourth-order valence-electron chi connectivity index (χ4n) is 5.86. The van der Waals surface area contributed by atoms with Crippen molar-refractivity contribution in [2.75, 3.05) is 7.11 Å². The number of ketones is 1. The zero-order valence-corrected chi connectivity index (χ0v) is 19.8. The highest BCUT2D eigenvalue weighted by molar-refractivity contribution is 6.02. The van der Waals surface area contributed by atoms with Gasteiger partial charge >= 0.3 is 0 Å². The maximum atomic E-state index is 14.0. The van der Waals surface area contributed by atoms with Crippen molar-refractivity contribution in [1.82, 2.24) is 4.98 Å². The summed E-state index contributed by atoms with van der Waals surface area (Å²) in [6, 6.07) is 6.39. The second kappa shape index (κ2) is 9.42. The molecule has 0 spiro atoms. The maximum absolute atomic E-state index is 14.0. The summed E-state index contributed by atoms with van der Waals surface area (Å²) in [7, 11) is 1.46. The van der Waals surface area contributed by atoms with E-state index in [4.69, 9.17) is 4.74 Å². The lowest BCUT2D eigenvalue weighted by Crippen LogP contribution is -2.40. The van der Waals surface area contributed by atoms with Crippen LogP contribution in [0.25, 0.3) is 11.1 Å². The van der Waals surface area contributed by atoms with Crippen molar-refractivity contribution in [3.8, 4) is 22.8 Å². The Hall–Kier alpha value is -3.08. The van der Waals surface area contributed by atoms with Gasteiger partial charge < -0.3 is 14.8 Å². The summed E-state index contributed by atoms with van der Waals surface area (Å²) in [5, 5.41) is 9.61. The van der Waals surface area contributed by atoms with Crippen LogP contribution in [0.2, 0.25) is 0 Å². The van der Waals surface area contributed by atoms with Crippen LogP contribution in [0.15, 0.2) is 59.1 Å². The molecule has 2 aliphatic carbocycles. The molecular formula is C28H33NO4. The first kappa shape index (κ1) is 23.1. The van der Waals surface area contributed by atoms with E-state index in [1.54, 1.807) is 18.3 Å². The molecule has 0 radical (unpaired) electrons. The smallest absolute Gasteiger partial charge is 0.205 e. The molecule has 5 atom stereocenters. The number of methoxy groups -OCH3 is 1. The van der Waals surface area contributed by atoms with Crippen LogP contribution in [-0.2, 0) is 0 Å². The molecule has 4 rings (SSSR count). The van der Waals surface area contributed by atoms with E-state index in [0.717, 1.165) is 12.8 Å². The van der Waals surface area contributed by atoms with Crippen molar-refractivity contribution in [1.29, 1.82) is 0 Å². The van der Waals surface area contributed by atoms with Crippen LogP contribution >= 0.6 is 0 Å². The molecule has 5 heteroatoms. The summed E-state index contributed by atoms with van der Waals surface area (Å²) in [6.45, 7) is 6.42. The molecule has 0 saturated heterocycles. The standard InChI is InChI=1S/C28H33NO4/c1-5-6-21-22-13-16(2)7-12-20(22)17(3)14-23(21)26(31)25-27(32)24(15-29-28(25)33-4)18-8-10-19(30)11-9-18/h5-6,8-11,14-16,20-23,30H,7,12-13H2,1-4H3,(H,29,32)/b6-5+/t16-,20+,21+,22-,23+/m0/s1. The molecule has 1 aromatic heterocycles. The number of pyridine rings is 1. The first-order valence-electron chi connectivity index (χ1n) is 11.8. The number of phenols is 1. The van der Waals surface area contributed by atoms with E-state index in [-0.39, 0.29) is 34.3 Å². The van der Waals surface area contributed by atoms with E-state index in [0.29, 0.717) is 28.9 Å². The molecule has 0 bridgehead atoms. The second-order valence-corrected chi connectivity index (χ2v) is 9.58. The number of hydrogen-bond donors (Lipinski definition) is 2. The molecule has 1 fully saturated rings. The molecule has 174 valence electrons. The third-order valence-electron chi connectivity index (χ3n) is 7.49. The number of Topliss-reactive ketones (excluding diaryl/α,β-unsaturated/α-hetero) is 1. The van der Waals surface area contributed by atoms with E-state index in [1.165, 1.54) is 31.2 Å². The molecule has 33 heavy (non-hydrogen) atoms. The minimum Gasteiger partial charge on any atom is -0.508 e. The van der Waals surface area contributed by atoms with E-state index in [2.05, 4.69) is 31.0 Å². The lowest BCUT2D eigenvalue weighted by atomic mass is 9.59. The summed E-state index contributed by atoms with van der Waals surface area (Å²) in [5.41, 5.74) is 1.98. The molecular weight excluding hydrogens is 414 g/mol. The minimum absolute atomic E-state index is 0.0559. The van der Waals surface area contributed by atoms with Crippen LogP contribution < -0.4 is 10.2 Å². The summed E-state index contributed by atoms with van der Waals surface area (Å²) in [5.74, 6) is 1.29.